The lowest BCUT2D eigenvalue weighted by Crippen LogP contribution is -2.25. The van der Waals surface area contributed by atoms with Gasteiger partial charge in [-0.25, -0.2) is 0 Å². The number of amides is 1. The van der Waals surface area contributed by atoms with Crippen molar-refractivity contribution in [1.82, 2.24) is 34.6 Å². The number of rotatable bonds is 2. The lowest BCUT2D eigenvalue weighted by molar-refractivity contribution is -0.116. The summed E-state index contributed by atoms with van der Waals surface area (Å²) in [6.07, 6.45) is 3.86. The summed E-state index contributed by atoms with van der Waals surface area (Å²) in [5, 5.41) is 20.3. The highest BCUT2D eigenvalue weighted by atomic mass is 16.1. The first-order valence-electron chi connectivity index (χ1n) is 8.60. The van der Waals surface area contributed by atoms with E-state index in [1.807, 2.05) is 38.1 Å². The number of aromatic nitrogens is 7. The second-order valence-electron chi connectivity index (χ2n) is 6.55. The summed E-state index contributed by atoms with van der Waals surface area (Å²) < 4.78 is 3.33. The highest BCUT2D eigenvalue weighted by molar-refractivity contribution is 5.95. The van der Waals surface area contributed by atoms with Crippen molar-refractivity contribution in [2.45, 2.75) is 26.2 Å². The molecule has 5 rings (SSSR count). The van der Waals surface area contributed by atoms with Crippen LogP contribution in [0.25, 0.3) is 11.5 Å². The quantitative estimate of drug-likeness (QED) is 0.585. The van der Waals surface area contributed by atoms with Crippen molar-refractivity contribution < 1.29 is 4.79 Å². The van der Waals surface area contributed by atoms with E-state index in [4.69, 9.17) is 0 Å². The Morgan fingerprint density at radius 2 is 1.89 bits per heavy atom. The van der Waals surface area contributed by atoms with E-state index >= 15 is 0 Å². The predicted octanol–water partition coefficient (Wildman–Crippen LogP) is 1.80. The average Bonchev–Trinajstić information content (AvgIpc) is 3.22. The molecule has 0 saturated carbocycles. The van der Waals surface area contributed by atoms with Gasteiger partial charge < -0.3 is 5.32 Å². The molecule has 9 heteroatoms. The van der Waals surface area contributed by atoms with Gasteiger partial charge in [0, 0.05) is 30.3 Å². The van der Waals surface area contributed by atoms with Gasteiger partial charge in [0.25, 0.3) is 0 Å². The number of aryl methyl sites for hydroxylation is 2. The van der Waals surface area contributed by atoms with Crippen LogP contribution in [0.15, 0.2) is 36.7 Å². The molecule has 0 bridgehead atoms. The molecule has 1 atom stereocenters. The van der Waals surface area contributed by atoms with Crippen molar-refractivity contribution in [3.63, 3.8) is 0 Å². The number of hydrogen-bond acceptors (Lipinski definition) is 6. The van der Waals surface area contributed by atoms with Gasteiger partial charge in [0.05, 0.1) is 5.69 Å². The van der Waals surface area contributed by atoms with Crippen LogP contribution in [0.2, 0.25) is 0 Å². The Bertz CT molecular complexity index is 1180. The Kier molecular flexibility index (Phi) is 3.30. The first kappa shape index (κ1) is 15.6. The molecule has 5 heterocycles. The number of nitrogens with zero attached hydrogens (tertiary/aromatic N) is 7. The normalized spacial score (nSPS) is 16.4. The summed E-state index contributed by atoms with van der Waals surface area (Å²) in [7, 11) is 0. The zero-order chi connectivity index (χ0) is 18.5. The van der Waals surface area contributed by atoms with Gasteiger partial charge in [-0.1, -0.05) is 0 Å². The third-order valence-corrected chi connectivity index (χ3v) is 4.83. The van der Waals surface area contributed by atoms with E-state index in [0.29, 0.717) is 29.5 Å². The highest BCUT2D eigenvalue weighted by Gasteiger charge is 2.33. The SMILES string of the molecule is Cc1nn(-c2ccc3nnc(C)n3n2)c2c1C(c1ccncc1)CC(=O)N2. The number of carbonyl (C=O) groups is 1. The van der Waals surface area contributed by atoms with Gasteiger partial charge in [0.1, 0.15) is 5.82 Å². The van der Waals surface area contributed by atoms with Crippen molar-refractivity contribution in [3.8, 4) is 5.82 Å². The van der Waals surface area contributed by atoms with Gasteiger partial charge in [0.15, 0.2) is 17.3 Å². The van der Waals surface area contributed by atoms with Gasteiger partial charge in [-0.3, -0.25) is 9.78 Å². The lowest BCUT2D eigenvalue weighted by Gasteiger charge is -2.24. The van der Waals surface area contributed by atoms with Gasteiger partial charge in [-0.15, -0.1) is 15.3 Å². The standard InChI is InChI=1S/C18H16N8O/c1-10-17-13(12-5-7-19-8-6-12)9-16(27)20-18(17)26(23-10)15-4-3-14-22-21-11(2)25(14)24-15/h3-8,13H,9H2,1-2H3,(H,20,27). The molecule has 0 spiro atoms. The van der Waals surface area contributed by atoms with Crippen molar-refractivity contribution in [3.05, 3.63) is 59.3 Å². The molecule has 134 valence electrons. The van der Waals surface area contributed by atoms with Crippen LogP contribution in [-0.4, -0.2) is 40.5 Å². The number of anilines is 1. The van der Waals surface area contributed by atoms with Crippen molar-refractivity contribution >= 4 is 17.4 Å². The van der Waals surface area contributed by atoms with E-state index in [0.717, 1.165) is 16.8 Å². The van der Waals surface area contributed by atoms with E-state index in [-0.39, 0.29) is 11.8 Å². The Labute approximate surface area is 154 Å². The van der Waals surface area contributed by atoms with E-state index in [1.165, 1.54) is 0 Å². The highest BCUT2D eigenvalue weighted by Crippen LogP contribution is 2.39. The fraction of sp³-hybridized carbons (Fsp3) is 0.222. The first-order valence-corrected chi connectivity index (χ1v) is 8.60. The maximum atomic E-state index is 12.4. The Morgan fingerprint density at radius 3 is 2.70 bits per heavy atom. The number of pyridine rings is 1. The van der Waals surface area contributed by atoms with Crippen molar-refractivity contribution in [2.75, 3.05) is 5.32 Å². The van der Waals surface area contributed by atoms with Crippen LogP contribution >= 0.6 is 0 Å². The molecule has 0 fully saturated rings. The molecule has 4 aromatic heterocycles. The van der Waals surface area contributed by atoms with Crippen LogP contribution in [0.3, 0.4) is 0 Å². The number of nitrogens with one attached hydrogen (secondary N) is 1. The molecule has 1 N–H and O–H groups in total. The molecule has 0 saturated heterocycles. The van der Waals surface area contributed by atoms with Crippen LogP contribution < -0.4 is 5.32 Å². The molecule has 1 aliphatic rings. The first-order chi connectivity index (χ1) is 13.1. The second-order valence-corrected chi connectivity index (χ2v) is 6.55. The van der Waals surface area contributed by atoms with Crippen LogP contribution in [0.5, 0.6) is 0 Å². The molecule has 27 heavy (non-hydrogen) atoms. The largest absolute Gasteiger partial charge is 0.310 e. The monoisotopic (exact) mass is 360 g/mol. The van der Waals surface area contributed by atoms with Crippen LogP contribution in [0.1, 0.15) is 35.0 Å². The van der Waals surface area contributed by atoms with E-state index in [2.05, 4.69) is 30.7 Å². The minimum absolute atomic E-state index is 0.0491. The molecule has 0 aliphatic carbocycles. The molecule has 1 aliphatic heterocycles. The van der Waals surface area contributed by atoms with Gasteiger partial charge in [-0.05, 0) is 43.7 Å². The molecular formula is C18H16N8O. The maximum absolute atomic E-state index is 12.4. The summed E-state index contributed by atoms with van der Waals surface area (Å²) in [5.74, 6) is 1.81. The summed E-state index contributed by atoms with van der Waals surface area (Å²) in [6, 6.07) is 7.53. The number of carbonyl (C=O) groups excluding carboxylic acids is 1. The fourth-order valence-electron chi connectivity index (χ4n) is 3.59. The summed E-state index contributed by atoms with van der Waals surface area (Å²) in [4.78, 5) is 16.5. The zero-order valence-electron chi connectivity index (χ0n) is 14.8. The predicted molar refractivity (Wildman–Crippen MR) is 96.7 cm³/mol. The van der Waals surface area contributed by atoms with Gasteiger partial charge >= 0.3 is 0 Å². The second kappa shape index (κ2) is 5.70. The van der Waals surface area contributed by atoms with Crippen LogP contribution in [0.4, 0.5) is 5.82 Å². The van der Waals surface area contributed by atoms with Crippen LogP contribution in [-0.2, 0) is 4.79 Å². The number of fused-ring (bicyclic) bond motifs is 2. The van der Waals surface area contributed by atoms with E-state index in [1.54, 1.807) is 21.6 Å². The zero-order valence-corrected chi connectivity index (χ0v) is 14.8. The van der Waals surface area contributed by atoms with Crippen molar-refractivity contribution in [2.24, 2.45) is 0 Å². The minimum Gasteiger partial charge on any atom is -0.310 e. The molecular weight excluding hydrogens is 344 g/mol. The van der Waals surface area contributed by atoms with E-state index < -0.39 is 0 Å². The van der Waals surface area contributed by atoms with Gasteiger partial charge in [0.2, 0.25) is 5.91 Å². The Hall–Kier alpha value is -3.62. The molecule has 1 amide bonds. The summed E-state index contributed by atoms with van der Waals surface area (Å²) >= 11 is 0. The van der Waals surface area contributed by atoms with E-state index in [9.17, 15) is 4.79 Å². The van der Waals surface area contributed by atoms with Crippen LogP contribution in [0, 0.1) is 13.8 Å². The smallest absolute Gasteiger partial charge is 0.226 e. The van der Waals surface area contributed by atoms with Crippen molar-refractivity contribution in [1.29, 1.82) is 0 Å². The van der Waals surface area contributed by atoms with Gasteiger partial charge in [-0.2, -0.15) is 14.3 Å². The third kappa shape index (κ3) is 2.39. The number of hydrogen-bond donors (Lipinski definition) is 1. The Morgan fingerprint density at radius 1 is 1.07 bits per heavy atom. The minimum atomic E-state index is -0.0640. The fourth-order valence-corrected chi connectivity index (χ4v) is 3.59. The average molecular weight is 360 g/mol. The Balaban J connectivity index is 1.69. The maximum Gasteiger partial charge on any atom is 0.226 e. The molecule has 0 aromatic carbocycles. The topological polar surface area (TPSA) is 103 Å². The molecule has 1 unspecified atom stereocenters. The lowest BCUT2D eigenvalue weighted by atomic mass is 9.86. The molecule has 9 nitrogen and oxygen atoms in total. The third-order valence-electron chi connectivity index (χ3n) is 4.83. The summed E-state index contributed by atoms with van der Waals surface area (Å²) in [5.41, 5.74) is 3.56. The molecule has 4 aromatic rings. The molecule has 0 radical (unpaired) electrons. The summed E-state index contributed by atoms with van der Waals surface area (Å²) in [6.45, 7) is 3.78.